The van der Waals surface area contributed by atoms with Crippen molar-refractivity contribution in [2.45, 2.75) is 46.3 Å². The first-order valence-corrected chi connectivity index (χ1v) is 7.10. The van der Waals surface area contributed by atoms with E-state index in [1.165, 1.54) is 0 Å². The lowest BCUT2D eigenvalue weighted by Gasteiger charge is -2.17. The van der Waals surface area contributed by atoms with Gasteiger partial charge in [0.25, 0.3) is 5.91 Å². The number of benzene rings is 1. The van der Waals surface area contributed by atoms with Gasteiger partial charge in [0.2, 0.25) is 0 Å². The molecule has 0 unspecified atom stereocenters. The van der Waals surface area contributed by atoms with Crippen LogP contribution in [0.2, 0.25) is 0 Å². The van der Waals surface area contributed by atoms with Crippen LogP contribution in [0.3, 0.4) is 0 Å². The molecule has 116 valence electrons. The molecule has 1 amide bonds. The van der Waals surface area contributed by atoms with Gasteiger partial charge in [0.15, 0.2) is 0 Å². The molecule has 0 fully saturated rings. The van der Waals surface area contributed by atoms with Crippen LogP contribution in [0, 0.1) is 5.92 Å². The number of amides is 1. The Morgan fingerprint density at radius 1 is 1.24 bits per heavy atom. The van der Waals surface area contributed by atoms with E-state index in [1.54, 1.807) is 24.3 Å². The molecule has 1 aromatic carbocycles. The molecule has 0 aliphatic heterocycles. The molecule has 0 aliphatic carbocycles. The van der Waals surface area contributed by atoms with Crippen molar-refractivity contribution in [3.05, 3.63) is 29.8 Å². The van der Waals surface area contributed by atoms with E-state index < -0.39 is 17.9 Å². The maximum Gasteiger partial charge on any atom is 0.326 e. The van der Waals surface area contributed by atoms with Crippen molar-refractivity contribution in [2.24, 2.45) is 5.92 Å². The number of nitrogens with one attached hydrogen (secondary N) is 1. The second kappa shape index (κ2) is 7.67. The van der Waals surface area contributed by atoms with E-state index in [0.29, 0.717) is 17.7 Å². The second-order valence-corrected chi connectivity index (χ2v) is 5.69. The monoisotopic (exact) mass is 293 g/mol. The molecule has 5 nitrogen and oxygen atoms in total. The summed E-state index contributed by atoms with van der Waals surface area (Å²) < 4.78 is 5.53. The fourth-order valence-electron chi connectivity index (χ4n) is 1.92. The van der Waals surface area contributed by atoms with Crippen LogP contribution in [0.15, 0.2) is 24.3 Å². The van der Waals surface area contributed by atoms with Crippen LogP contribution in [-0.2, 0) is 4.79 Å². The number of carboxylic acid groups (broad SMARTS) is 1. The summed E-state index contributed by atoms with van der Waals surface area (Å²) in [6.07, 6.45) is 0.402. The predicted octanol–water partition coefficient (Wildman–Crippen LogP) is 2.70. The van der Waals surface area contributed by atoms with E-state index in [1.807, 2.05) is 27.7 Å². The van der Waals surface area contributed by atoms with E-state index >= 15 is 0 Å². The number of carbonyl (C=O) groups is 2. The molecule has 0 saturated heterocycles. The summed E-state index contributed by atoms with van der Waals surface area (Å²) in [4.78, 5) is 23.3. The van der Waals surface area contributed by atoms with Crippen LogP contribution in [0.25, 0.3) is 0 Å². The molecular weight excluding hydrogens is 270 g/mol. The van der Waals surface area contributed by atoms with E-state index in [4.69, 9.17) is 9.84 Å². The fraction of sp³-hybridized carbons (Fsp3) is 0.500. The van der Waals surface area contributed by atoms with E-state index in [0.717, 1.165) is 0 Å². The van der Waals surface area contributed by atoms with Crippen molar-refractivity contribution in [3.63, 3.8) is 0 Å². The van der Waals surface area contributed by atoms with Gasteiger partial charge < -0.3 is 15.2 Å². The molecule has 2 N–H and O–H groups in total. The van der Waals surface area contributed by atoms with Gasteiger partial charge in [-0.25, -0.2) is 4.79 Å². The molecule has 0 heterocycles. The van der Waals surface area contributed by atoms with Crippen molar-refractivity contribution in [1.82, 2.24) is 5.32 Å². The third-order valence-electron chi connectivity index (χ3n) is 2.78. The molecule has 0 spiro atoms. The Kier molecular flexibility index (Phi) is 6.21. The second-order valence-electron chi connectivity index (χ2n) is 5.69. The van der Waals surface area contributed by atoms with Crippen molar-refractivity contribution in [1.29, 1.82) is 0 Å². The Morgan fingerprint density at radius 2 is 1.90 bits per heavy atom. The highest BCUT2D eigenvalue weighted by molar-refractivity contribution is 5.96. The standard InChI is InChI=1S/C16H23NO4/c1-10(2)8-14(16(19)20)17-15(18)12-6-5-7-13(9-12)21-11(3)4/h5-7,9-11,14H,8H2,1-4H3,(H,17,18)(H,19,20)/t14-/m0/s1. The fourth-order valence-corrected chi connectivity index (χ4v) is 1.92. The third kappa shape index (κ3) is 5.85. The zero-order valence-corrected chi connectivity index (χ0v) is 12.9. The SMILES string of the molecule is CC(C)C[C@H](NC(=O)c1cccc(OC(C)C)c1)C(=O)O. The zero-order valence-electron chi connectivity index (χ0n) is 12.9. The zero-order chi connectivity index (χ0) is 16.0. The minimum atomic E-state index is -1.02. The predicted molar refractivity (Wildman–Crippen MR) is 80.6 cm³/mol. The van der Waals surface area contributed by atoms with Gasteiger partial charge in [0.1, 0.15) is 11.8 Å². The quantitative estimate of drug-likeness (QED) is 0.810. The van der Waals surface area contributed by atoms with Crippen molar-refractivity contribution < 1.29 is 19.4 Å². The van der Waals surface area contributed by atoms with Gasteiger partial charge in [-0.3, -0.25) is 4.79 Å². The summed E-state index contributed by atoms with van der Waals surface area (Å²) in [5, 5.41) is 11.7. The molecule has 21 heavy (non-hydrogen) atoms. The lowest BCUT2D eigenvalue weighted by atomic mass is 10.0. The largest absolute Gasteiger partial charge is 0.491 e. The number of hydrogen-bond donors (Lipinski definition) is 2. The molecule has 0 saturated carbocycles. The number of hydrogen-bond acceptors (Lipinski definition) is 3. The van der Waals surface area contributed by atoms with E-state index in [9.17, 15) is 9.59 Å². The average molecular weight is 293 g/mol. The summed E-state index contributed by atoms with van der Waals surface area (Å²) in [5.74, 6) is -0.653. The Labute approximate surface area is 125 Å². The van der Waals surface area contributed by atoms with Crippen LogP contribution in [-0.4, -0.2) is 29.1 Å². The number of carboxylic acids is 1. The molecule has 1 atom stereocenters. The first-order valence-electron chi connectivity index (χ1n) is 7.10. The molecule has 0 aliphatic rings. The number of aliphatic carboxylic acids is 1. The summed E-state index contributed by atoms with van der Waals surface area (Å²) in [7, 11) is 0. The number of carbonyl (C=O) groups excluding carboxylic acids is 1. The van der Waals surface area contributed by atoms with Crippen LogP contribution >= 0.6 is 0 Å². The van der Waals surface area contributed by atoms with Gasteiger partial charge in [0, 0.05) is 5.56 Å². The molecule has 5 heteroatoms. The van der Waals surface area contributed by atoms with Crippen molar-refractivity contribution >= 4 is 11.9 Å². The smallest absolute Gasteiger partial charge is 0.326 e. The van der Waals surface area contributed by atoms with Gasteiger partial charge in [-0.2, -0.15) is 0 Å². The molecule has 1 aromatic rings. The van der Waals surface area contributed by atoms with Crippen molar-refractivity contribution in [2.75, 3.05) is 0 Å². The summed E-state index contributed by atoms with van der Waals surface area (Å²) in [5.41, 5.74) is 0.392. The van der Waals surface area contributed by atoms with E-state index in [-0.39, 0.29) is 12.0 Å². The van der Waals surface area contributed by atoms with Gasteiger partial charge in [-0.1, -0.05) is 19.9 Å². The highest BCUT2D eigenvalue weighted by Gasteiger charge is 2.21. The minimum absolute atomic E-state index is 0.0102. The lowest BCUT2D eigenvalue weighted by Crippen LogP contribution is -2.41. The first-order chi connectivity index (χ1) is 9.79. The normalized spacial score (nSPS) is 12.3. The molecule has 0 radical (unpaired) electrons. The average Bonchev–Trinajstić information content (AvgIpc) is 2.36. The van der Waals surface area contributed by atoms with Gasteiger partial charge in [-0.15, -0.1) is 0 Å². The highest BCUT2D eigenvalue weighted by atomic mass is 16.5. The third-order valence-corrected chi connectivity index (χ3v) is 2.78. The maximum absolute atomic E-state index is 12.1. The van der Waals surface area contributed by atoms with Gasteiger partial charge in [0.05, 0.1) is 6.10 Å². The van der Waals surface area contributed by atoms with Crippen LogP contribution in [0.5, 0.6) is 5.75 Å². The van der Waals surface area contributed by atoms with E-state index in [2.05, 4.69) is 5.32 Å². The Bertz CT molecular complexity index is 497. The number of rotatable bonds is 7. The van der Waals surface area contributed by atoms with Gasteiger partial charge in [-0.05, 0) is 44.4 Å². The summed E-state index contributed by atoms with van der Waals surface area (Å²) in [6, 6.07) is 5.84. The van der Waals surface area contributed by atoms with Crippen LogP contribution < -0.4 is 10.1 Å². The number of ether oxygens (including phenoxy) is 1. The Morgan fingerprint density at radius 3 is 2.43 bits per heavy atom. The molecular formula is C16H23NO4. The minimum Gasteiger partial charge on any atom is -0.491 e. The van der Waals surface area contributed by atoms with Crippen LogP contribution in [0.4, 0.5) is 0 Å². The van der Waals surface area contributed by atoms with Crippen molar-refractivity contribution in [3.8, 4) is 5.75 Å². The van der Waals surface area contributed by atoms with Crippen LogP contribution in [0.1, 0.15) is 44.5 Å². The maximum atomic E-state index is 12.1. The Hall–Kier alpha value is -2.04. The Balaban J connectivity index is 2.80. The van der Waals surface area contributed by atoms with Gasteiger partial charge >= 0.3 is 5.97 Å². The first kappa shape index (κ1) is 17.0. The molecule has 0 bridgehead atoms. The lowest BCUT2D eigenvalue weighted by molar-refractivity contribution is -0.139. The topological polar surface area (TPSA) is 75.6 Å². The molecule has 1 rings (SSSR count). The molecule has 0 aromatic heterocycles. The summed E-state index contributed by atoms with van der Waals surface area (Å²) in [6.45, 7) is 7.63. The summed E-state index contributed by atoms with van der Waals surface area (Å²) >= 11 is 0. The highest BCUT2D eigenvalue weighted by Crippen LogP contribution is 2.15.